The van der Waals surface area contributed by atoms with Crippen LogP contribution in [0.4, 0.5) is 15.3 Å². The molecule has 0 saturated heterocycles. The molecule has 7 atom stereocenters. The van der Waals surface area contributed by atoms with Gasteiger partial charge in [0.25, 0.3) is 0 Å². The van der Waals surface area contributed by atoms with Gasteiger partial charge in [-0.15, -0.1) is 0 Å². The Labute approximate surface area is 538 Å². The molecule has 2 heterocycles. The maximum Gasteiger partial charge on any atom is 0.330 e. The second kappa shape index (κ2) is 35.1. The van der Waals surface area contributed by atoms with Crippen LogP contribution in [0, 0.1) is 5.92 Å². The van der Waals surface area contributed by atoms with Gasteiger partial charge in [-0.1, -0.05) is 92.7 Å². The van der Waals surface area contributed by atoms with E-state index in [1.165, 1.54) is 48.4 Å². The molecule has 93 heavy (non-hydrogen) atoms. The topological polar surface area (TPSA) is 458 Å². The first kappa shape index (κ1) is 71.5. The lowest BCUT2D eigenvalue weighted by molar-refractivity contribution is -0.142. The first-order valence-electron chi connectivity index (χ1n) is 29.5. The van der Waals surface area contributed by atoms with Gasteiger partial charge >= 0.3 is 18.0 Å². The van der Waals surface area contributed by atoms with E-state index < -0.39 is 139 Å². The molecule has 6 aromatic rings. The van der Waals surface area contributed by atoms with Crippen LogP contribution in [0.5, 0.6) is 5.75 Å². The van der Waals surface area contributed by atoms with Crippen LogP contribution in [0.15, 0.2) is 122 Å². The second-order valence-electron chi connectivity index (χ2n) is 22.1. The van der Waals surface area contributed by atoms with E-state index in [0.717, 1.165) is 4.90 Å². The van der Waals surface area contributed by atoms with Crippen LogP contribution in [0.25, 0.3) is 21.8 Å². The van der Waals surface area contributed by atoms with Crippen molar-refractivity contribution in [3.05, 3.63) is 138 Å². The van der Waals surface area contributed by atoms with Crippen molar-refractivity contribution in [1.29, 1.82) is 0 Å². The van der Waals surface area contributed by atoms with Crippen molar-refractivity contribution in [2.24, 2.45) is 17.4 Å². The number of aliphatic hydroxyl groups excluding tert-OH is 1. The van der Waals surface area contributed by atoms with Gasteiger partial charge in [0.05, 0.1) is 37.2 Å². The fourth-order valence-corrected chi connectivity index (χ4v) is 10.2. The highest BCUT2D eigenvalue weighted by Crippen LogP contribution is 2.23. The van der Waals surface area contributed by atoms with Gasteiger partial charge in [-0.3, -0.25) is 48.1 Å². The number of fused-ring (bicyclic) bond motifs is 2. The Morgan fingerprint density at radius 3 is 1.74 bits per heavy atom. The number of rotatable bonds is 34. The number of phenolic OH excluding ortho intramolecular Hbond substituents is 1. The Bertz CT molecular complexity index is 3640. The Balaban J connectivity index is 1.24. The predicted octanol–water partition coefficient (Wildman–Crippen LogP) is 0.714. The van der Waals surface area contributed by atoms with Gasteiger partial charge in [-0.25, -0.2) is 19.3 Å². The van der Waals surface area contributed by atoms with Crippen molar-refractivity contribution >= 4 is 110 Å². The van der Waals surface area contributed by atoms with Crippen molar-refractivity contribution in [3.8, 4) is 5.75 Å². The molecule has 29 nitrogen and oxygen atoms in total. The molecule has 0 aliphatic rings. The molecule has 494 valence electrons. The average Bonchev–Trinajstić information content (AvgIpc) is 1.87. The number of aromatic amines is 1. The predicted molar refractivity (Wildman–Crippen MR) is 343 cm³/mol. The highest BCUT2D eigenvalue weighted by atomic mass is 32.2. The van der Waals surface area contributed by atoms with Crippen LogP contribution >= 0.6 is 11.8 Å². The number of pyridine rings is 1. The van der Waals surface area contributed by atoms with Crippen LogP contribution in [0.2, 0.25) is 0 Å². The van der Waals surface area contributed by atoms with Crippen LogP contribution in [-0.4, -0.2) is 175 Å². The number of phenols is 1. The number of amides is 13. The number of aromatic nitrogens is 2. The van der Waals surface area contributed by atoms with Crippen LogP contribution < -0.4 is 59.3 Å². The van der Waals surface area contributed by atoms with E-state index >= 15 is 0 Å². The first-order valence-corrected chi connectivity index (χ1v) is 30.9. The van der Waals surface area contributed by atoms with E-state index in [9.17, 15) is 72.9 Å². The number of para-hydroxylation sites is 2. The van der Waals surface area contributed by atoms with Gasteiger partial charge in [-0.2, -0.15) is 11.8 Å². The van der Waals surface area contributed by atoms with E-state index in [1.807, 2.05) is 6.26 Å². The number of imide groups is 1. The number of nitrogens with zero attached hydrogens (tertiary/aromatic N) is 2. The zero-order chi connectivity index (χ0) is 67.7. The van der Waals surface area contributed by atoms with Gasteiger partial charge in [0.1, 0.15) is 48.0 Å². The summed E-state index contributed by atoms with van der Waals surface area (Å²) in [5.74, 6) is -10.9. The van der Waals surface area contributed by atoms with Crippen molar-refractivity contribution in [3.63, 3.8) is 0 Å². The van der Waals surface area contributed by atoms with Gasteiger partial charge in [-0.05, 0) is 77.8 Å². The molecule has 17 N–H and O–H groups in total. The molecule has 30 heteroatoms. The van der Waals surface area contributed by atoms with Gasteiger partial charge in [0.15, 0.2) is 0 Å². The molecule has 0 aliphatic carbocycles. The number of urea groups is 2. The summed E-state index contributed by atoms with van der Waals surface area (Å²) in [5, 5.41) is 53.5. The van der Waals surface area contributed by atoms with Gasteiger partial charge in [0.2, 0.25) is 53.2 Å². The van der Waals surface area contributed by atoms with E-state index in [4.69, 9.17) is 11.5 Å². The average molecular weight is 1300 g/mol. The number of hydrogen-bond donors (Lipinski definition) is 15. The van der Waals surface area contributed by atoms with Crippen molar-refractivity contribution in [2.75, 3.05) is 37.0 Å². The molecule has 2 aromatic heterocycles. The third-order valence-electron chi connectivity index (χ3n) is 14.4. The second-order valence-corrected chi connectivity index (χ2v) is 23.1. The highest BCUT2D eigenvalue weighted by Gasteiger charge is 2.36. The number of primary amides is 2. The SMILES string of the molecule is CSCCCN(C(=O)Nc1cccc2cccnc12)C(=O)N[C@H](Cc1ccc(O)cc1)C(=O)NC(CC(N)=O)C(=O)NC(Cc1c[nH]c2ccccc12)C(=O)NC(CC(N)=O)C(=O)NC(CO)C(=O)NC(Cc1ccccc1)C(=O)NCC(=O)N[C@@H](CC(C)C)C(=O)O. The van der Waals surface area contributed by atoms with E-state index in [-0.39, 0.29) is 49.6 Å². The zero-order valence-electron chi connectivity index (χ0n) is 51.1. The number of benzene rings is 4. The Morgan fingerprint density at radius 2 is 1.14 bits per heavy atom. The molecular weight excluding hydrogens is 1220 g/mol. The minimum absolute atomic E-state index is 0.0930. The van der Waals surface area contributed by atoms with Crippen molar-refractivity contribution in [1.82, 2.24) is 57.4 Å². The minimum Gasteiger partial charge on any atom is -0.508 e. The molecule has 0 radical (unpaired) electrons. The summed E-state index contributed by atoms with van der Waals surface area (Å²) in [6.07, 6.45) is 2.61. The maximum atomic E-state index is 14.7. The number of hydrogen-bond acceptors (Lipinski definition) is 16. The standard InChI is InChI=1S/C63H76N14O15S/c1-35(2)26-49(61(89)90)69-53(82)33-68-55(83)44(27-36-12-5-4-6-13-36)70-60(88)50(34-78)74-59(87)48(31-52(65)81)73-57(85)46(29-39-32-67-42-17-8-7-16-41(39)42)71-58(86)47(30-51(64)80)72-56(84)45(28-37-19-21-40(79)22-20-37)76-63(92)77(24-11-25-93-3)62(91)75-43-18-9-14-38-15-10-23-66-54(38)43/h4-10,12-23,32,35,44-50,67,78-79H,11,24-31,33-34H2,1-3H3,(H2,64,80)(H2,65,81)(H,68,83)(H,69,82)(H,70,88)(H,71,86)(H,72,84)(H,73,85)(H,74,87)(H,75,91)(H,76,92)(H,89,90)/t44?,45-,46?,47?,48?,49+,50?/m1/s1. The molecule has 5 unspecified atom stereocenters. The van der Waals surface area contributed by atoms with E-state index in [2.05, 4.69) is 57.8 Å². The summed E-state index contributed by atoms with van der Waals surface area (Å²) in [4.78, 5) is 172. The Hall–Kier alpha value is -10.6. The van der Waals surface area contributed by atoms with Crippen LogP contribution in [-0.2, 0) is 67.2 Å². The van der Waals surface area contributed by atoms with E-state index in [0.29, 0.717) is 50.7 Å². The molecule has 4 aromatic carbocycles. The maximum absolute atomic E-state index is 14.7. The molecule has 13 amide bonds. The molecule has 0 bridgehead atoms. The van der Waals surface area contributed by atoms with Gasteiger partial charge in [0, 0.05) is 54.5 Å². The normalized spacial score (nSPS) is 13.3. The summed E-state index contributed by atoms with van der Waals surface area (Å²) >= 11 is 1.46. The smallest absolute Gasteiger partial charge is 0.330 e. The molecular formula is C63H76N14O15S. The summed E-state index contributed by atoms with van der Waals surface area (Å²) in [7, 11) is 0. The van der Waals surface area contributed by atoms with Gasteiger partial charge < -0.3 is 79.6 Å². The summed E-state index contributed by atoms with van der Waals surface area (Å²) in [6.45, 7) is 1.56. The molecule has 6 rings (SSSR count). The number of aliphatic carboxylic acids is 1. The molecule has 0 aliphatic heterocycles. The Morgan fingerprint density at radius 1 is 0.591 bits per heavy atom. The number of nitrogens with one attached hydrogen (secondary N) is 10. The number of H-pyrrole nitrogens is 1. The highest BCUT2D eigenvalue weighted by molar-refractivity contribution is 7.98. The lowest BCUT2D eigenvalue weighted by Crippen LogP contribution is -2.61. The molecule has 0 saturated carbocycles. The molecule has 0 fully saturated rings. The van der Waals surface area contributed by atoms with Crippen molar-refractivity contribution < 1.29 is 72.9 Å². The number of carbonyl (C=O) groups excluding carboxylic acids is 11. The molecule has 0 spiro atoms. The number of nitrogens with two attached hydrogens (primary N) is 2. The number of anilines is 1. The minimum atomic E-state index is -1.94. The van der Waals surface area contributed by atoms with E-state index in [1.54, 1.807) is 98.8 Å². The Kier molecular flexibility index (Phi) is 27.0. The number of thioether (sulfide) groups is 1. The largest absolute Gasteiger partial charge is 0.508 e. The van der Waals surface area contributed by atoms with Crippen molar-refractivity contribution in [2.45, 2.75) is 101 Å². The number of carboxylic acid groups (broad SMARTS) is 1. The third-order valence-corrected chi connectivity index (χ3v) is 15.1. The fraction of sp³-hybridized carbons (Fsp3) is 0.349. The monoisotopic (exact) mass is 1300 g/mol. The van der Waals surface area contributed by atoms with Crippen LogP contribution in [0.3, 0.4) is 0 Å². The number of carboxylic acids is 1. The summed E-state index contributed by atoms with van der Waals surface area (Å²) in [5.41, 5.74) is 13.9. The number of aliphatic hydroxyl groups is 1. The third kappa shape index (κ3) is 22.1. The summed E-state index contributed by atoms with van der Waals surface area (Å²) < 4.78 is 0. The summed E-state index contributed by atoms with van der Waals surface area (Å²) in [6, 6.07) is 15.5. The quantitative estimate of drug-likeness (QED) is 0.0247. The zero-order valence-corrected chi connectivity index (χ0v) is 52.0. The lowest BCUT2D eigenvalue weighted by atomic mass is 10.0. The number of carbonyl (C=O) groups is 12. The van der Waals surface area contributed by atoms with Crippen LogP contribution in [0.1, 0.15) is 56.2 Å². The first-order chi connectivity index (χ1) is 44.4. The lowest BCUT2D eigenvalue weighted by Gasteiger charge is -2.28. The fourth-order valence-electron chi connectivity index (χ4n) is 9.75. The number of aromatic hydroxyl groups is 1.